The summed E-state index contributed by atoms with van der Waals surface area (Å²) in [5.74, 6) is 6.39. The molecule has 1 aliphatic heterocycles. The molecule has 5 aromatic rings. The first-order valence-corrected chi connectivity index (χ1v) is 26.1. The Hall–Kier alpha value is -3.58. The van der Waals surface area contributed by atoms with Crippen LogP contribution in [0.4, 0.5) is 11.4 Å². The molecule has 1 heterocycles. The predicted molar refractivity (Wildman–Crippen MR) is 238 cm³/mol. The number of hydrogen-bond acceptors (Lipinski definition) is 3. The van der Waals surface area contributed by atoms with Crippen LogP contribution in [0.5, 0.6) is 5.75 Å². The van der Waals surface area contributed by atoms with Crippen LogP contribution in [0.25, 0.3) is 0 Å². The Morgan fingerprint density at radius 3 is 1.52 bits per heavy atom. The zero-order chi connectivity index (χ0) is 38.8. The monoisotopic (exact) mass is 807 g/mol. The number of aromatic hydroxyl groups is 1. The van der Waals surface area contributed by atoms with Crippen molar-refractivity contribution in [3.05, 3.63) is 144 Å². The minimum absolute atomic E-state index is 0.0385. The van der Waals surface area contributed by atoms with Crippen molar-refractivity contribution in [1.29, 1.82) is 0 Å². The first kappa shape index (κ1) is 38.0. The van der Waals surface area contributed by atoms with Crippen LogP contribution in [0, 0.1) is 24.7 Å². The molecule has 3 nitrogen and oxygen atoms in total. The Morgan fingerprint density at radius 2 is 1.07 bits per heavy atom. The zero-order valence-electron chi connectivity index (χ0n) is 34.3. The fraction of sp³-hybridized carbons (Fsp3) is 0.412. The van der Waals surface area contributed by atoms with Crippen LogP contribution in [0.3, 0.4) is 0 Å². The molecule has 4 aliphatic carbocycles. The van der Waals surface area contributed by atoms with Crippen LogP contribution >= 0.6 is 6.04 Å². The topological polar surface area (TPSA) is 26.7 Å². The third kappa shape index (κ3) is 6.25. The number of aryl methyl sites for hydroxylation is 1. The summed E-state index contributed by atoms with van der Waals surface area (Å²) in [6.07, 6.45) is 7.94. The van der Waals surface area contributed by atoms with E-state index in [9.17, 15) is 5.11 Å². The molecule has 5 aromatic carbocycles. The van der Waals surface area contributed by atoms with Crippen LogP contribution in [0.2, 0.25) is 5.89 Å². The fourth-order valence-corrected chi connectivity index (χ4v) is 24.9. The second-order valence-electron chi connectivity index (χ2n) is 18.3. The van der Waals surface area contributed by atoms with Gasteiger partial charge in [0.1, 0.15) is 0 Å². The molecule has 297 valence electrons. The Bertz CT molecular complexity index is 2010. The number of rotatable bonds is 10. The van der Waals surface area contributed by atoms with E-state index in [0.29, 0.717) is 17.6 Å². The van der Waals surface area contributed by atoms with E-state index in [4.69, 9.17) is 0 Å². The molecule has 4 saturated carbocycles. The maximum absolute atomic E-state index is 13.0. The second-order valence-corrected chi connectivity index (χ2v) is 27.4. The first-order chi connectivity index (χ1) is 27.1. The molecule has 1 atom stereocenters. The number of hydrogen-bond donors (Lipinski definition) is 1. The number of para-hydroxylation sites is 1. The van der Waals surface area contributed by atoms with E-state index in [2.05, 4.69) is 172 Å². The molecule has 4 bridgehead atoms. The summed E-state index contributed by atoms with van der Waals surface area (Å²) < 4.78 is 0. The summed E-state index contributed by atoms with van der Waals surface area (Å²) >= 11 is -0.467. The van der Waals surface area contributed by atoms with E-state index >= 15 is 0 Å². The van der Waals surface area contributed by atoms with Gasteiger partial charge in [-0.05, 0) is 0 Å². The summed E-state index contributed by atoms with van der Waals surface area (Å²) in [6.45, 7) is 13.5. The summed E-state index contributed by atoms with van der Waals surface area (Å²) in [7, 11) is 0. The van der Waals surface area contributed by atoms with Gasteiger partial charge in [0.25, 0.3) is 0 Å². The Morgan fingerprint density at radius 1 is 0.625 bits per heavy atom. The standard InChI is InChI=1S/C32H43N2O.C18H15P.CH3.Ni/c1-20(2)26-7-6-8-27(21(3)4)30(26)34-10-9-33(19-34)29-12-22(5)11-28(31(29)35)32-16-23-13-24(17-32)15-25(14-23)18-32;1-4-10-16(11-5-1)19(17-12-6-2-7-13-17)18-14-8-3-9-15-18;;/h6-8,11-12,19-21,23-25,35H,9-10,13-18H2,1-5H3;1-15H;1H3;/q;;;-1/p+1. The van der Waals surface area contributed by atoms with Crippen molar-refractivity contribution in [1.82, 2.24) is 0 Å². The van der Waals surface area contributed by atoms with Crippen molar-refractivity contribution >= 4 is 33.3 Å². The number of benzene rings is 5. The summed E-state index contributed by atoms with van der Waals surface area (Å²) in [5.41, 5.74) is 7.96. The van der Waals surface area contributed by atoms with Gasteiger partial charge in [-0.25, -0.2) is 0 Å². The third-order valence-electron chi connectivity index (χ3n) is 13.9. The minimum atomic E-state index is -2.76. The number of phenols is 1. The number of anilines is 2. The first-order valence-electron chi connectivity index (χ1n) is 21.2. The van der Waals surface area contributed by atoms with Gasteiger partial charge in [-0.2, -0.15) is 0 Å². The van der Waals surface area contributed by atoms with E-state index in [1.807, 2.05) is 0 Å². The van der Waals surface area contributed by atoms with Crippen LogP contribution < -0.4 is 25.7 Å². The van der Waals surface area contributed by atoms with E-state index in [1.165, 1.54) is 82.4 Å². The summed E-state index contributed by atoms with van der Waals surface area (Å²) in [6, 6.07) is 43.5. The van der Waals surface area contributed by atoms with Gasteiger partial charge in [0.2, 0.25) is 0 Å². The molecule has 1 unspecified atom stereocenters. The van der Waals surface area contributed by atoms with Gasteiger partial charge in [-0.1, -0.05) is 0 Å². The van der Waals surface area contributed by atoms with Gasteiger partial charge in [0.15, 0.2) is 0 Å². The Kier molecular flexibility index (Phi) is 10.2. The molecule has 10 rings (SSSR count). The van der Waals surface area contributed by atoms with Crippen molar-refractivity contribution in [3.8, 4) is 5.75 Å². The molecule has 1 saturated heterocycles. The molecule has 0 amide bonds. The molecule has 0 radical (unpaired) electrons. The molecule has 5 aliphatic rings. The maximum atomic E-state index is 13.0. The molecular weight excluding hydrogens is 746 g/mol. The van der Waals surface area contributed by atoms with E-state index < -0.39 is 19.0 Å². The quantitative estimate of drug-likeness (QED) is 0.112. The molecule has 5 fully saturated rings. The van der Waals surface area contributed by atoms with Gasteiger partial charge in [-0.15, -0.1) is 0 Å². The van der Waals surface area contributed by atoms with Crippen LogP contribution in [-0.4, -0.2) is 23.3 Å². The molecule has 56 heavy (non-hydrogen) atoms. The molecule has 0 aromatic heterocycles. The van der Waals surface area contributed by atoms with Crippen molar-refractivity contribution in [3.63, 3.8) is 0 Å². The predicted octanol–water partition coefficient (Wildman–Crippen LogP) is 11.3. The van der Waals surface area contributed by atoms with Gasteiger partial charge in [-0.3, -0.25) is 0 Å². The molecule has 5 heteroatoms. The van der Waals surface area contributed by atoms with Crippen LogP contribution in [-0.2, 0) is 18.4 Å². The second kappa shape index (κ2) is 15.0. The van der Waals surface area contributed by atoms with Gasteiger partial charge in [0.05, 0.1) is 0 Å². The zero-order valence-corrected chi connectivity index (χ0v) is 36.3. The van der Waals surface area contributed by atoms with Crippen molar-refractivity contribution in [2.75, 3.05) is 22.9 Å². The van der Waals surface area contributed by atoms with E-state index in [-0.39, 0.29) is 10.6 Å². The Balaban J connectivity index is 1.30. The van der Waals surface area contributed by atoms with E-state index in [1.54, 1.807) is 0 Å². The third-order valence-corrected chi connectivity index (χ3v) is 26.1. The fourth-order valence-electron chi connectivity index (χ4n) is 12.0. The average Bonchev–Trinajstić information content (AvgIpc) is 3.64. The molecule has 0 spiro atoms. The van der Waals surface area contributed by atoms with E-state index in [0.717, 1.165) is 36.5 Å². The van der Waals surface area contributed by atoms with Gasteiger partial charge >= 0.3 is 343 Å². The van der Waals surface area contributed by atoms with Crippen molar-refractivity contribution in [2.45, 2.75) is 101 Å². The van der Waals surface area contributed by atoms with Gasteiger partial charge < -0.3 is 0 Å². The molecular formula is C51H62N2NiOP. The van der Waals surface area contributed by atoms with Crippen LogP contribution in [0.15, 0.2) is 121 Å². The Labute approximate surface area is 341 Å². The van der Waals surface area contributed by atoms with Crippen LogP contribution in [0.1, 0.15) is 100 Å². The van der Waals surface area contributed by atoms with Crippen molar-refractivity contribution < 1.29 is 18.1 Å². The SMILES string of the molecule is Cc1cc(N2CCN(c3c(C(C)C)cccc3C(C)C)[CH]2[Ni]([CH3])[PH](c2ccccc2)(c2ccccc2)c2ccccc2)c(O)c(C23CC4CC(CC(C4)C2)C3)c1. The summed E-state index contributed by atoms with van der Waals surface area (Å²) in [4.78, 5) is 5.52. The number of phenolic OH excluding ortho intramolecular Hbond substituents is 1. The normalized spacial score (nSPS) is 25.0. The molecule has 1 N–H and O–H groups in total. The van der Waals surface area contributed by atoms with Crippen molar-refractivity contribution in [2.24, 2.45) is 17.8 Å². The van der Waals surface area contributed by atoms with Gasteiger partial charge in [0, 0.05) is 0 Å². The summed E-state index contributed by atoms with van der Waals surface area (Å²) in [5, 5.41) is 17.4. The number of nitrogens with zero attached hydrogens (tertiary/aromatic N) is 2. The average molecular weight is 809 g/mol.